The molecule has 0 saturated heterocycles. The van der Waals surface area contributed by atoms with Crippen molar-refractivity contribution in [3.05, 3.63) is 29.3 Å². The molecule has 0 unspecified atom stereocenters. The van der Waals surface area contributed by atoms with Crippen molar-refractivity contribution in [2.45, 2.75) is 36.0 Å². The zero-order chi connectivity index (χ0) is 19.0. The van der Waals surface area contributed by atoms with Gasteiger partial charge < -0.3 is 15.2 Å². The Morgan fingerprint density at radius 2 is 2.08 bits per heavy atom. The van der Waals surface area contributed by atoms with Gasteiger partial charge in [-0.2, -0.15) is 5.26 Å². The van der Waals surface area contributed by atoms with Crippen LogP contribution in [0.25, 0.3) is 0 Å². The number of ether oxygens (including phenoxy) is 1. The molecule has 0 radical (unpaired) electrons. The number of methoxy groups -OCH3 is 1. The van der Waals surface area contributed by atoms with Crippen LogP contribution in [0, 0.1) is 17.2 Å². The normalized spacial score (nSPS) is 22.4. The van der Waals surface area contributed by atoms with Gasteiger partial charge in [-0.15, -0.1) is 0 Å². The van der Waals surface area contributed by atoms with Gasteiger partial charge in [0.15, 0.2) is 9.84 Å². The SMILES string of the molecule is CO[C@@H]1C[C@@H](S(=O)(=O)c2ccccc2Cl)C[C@H]1C.N#CCNC(=O)O. The van der Waals surface area contributed by atoms with Crippen LogP contribution in [0.1, 0.15) is 19.8 Å². The molecular formula is C16H21ClN2O5S. The molecule has 9 heteroatoms. The molecule has 1 aromatic carbocycles. The van der Waals surface area contributed by atoms with Crippen molar-refractivity contribution in [3.8, 4) is 6.07 Å². The number of amides is 1. The van der Waals surface area contributed by atoms with Crippen LogP contribution in [0.15, 0.2) is 29.2 Å². The fraction of sp³-hybridized carbons (Fsp3) is 0.500. The number of benzene rings is 1. The van der Waals surface area contributed by atoms with E-state index in [4.69, 9.17) is 26.7 Å². The van der Waals surface area contributed by atoms with Gasteiger partial charge in [-0.3, -0.25) is 0 Å². The van der Waals surface area contributed by atoms with Crippen molar-refractivity contribution >= 4 is 27.5 Å². The molecule has 3 atom stereocenters. The molecule has 0 spiro atoms. The summed E-state index contributed by atoms with van der Waals surface area (Å²) in [6.45, 7) is 1.88. The number of halogens is 1. The van der Waals surface area contributed by atoms with E-state index in [0.29, 0.717) is 17.9 Å². The third-order valence-electron chi connectivity index (χ3n) is 3.97. The van der Waals surface area contributed by atoms with Crippen LogP contribution in [-0.2, 0) is 14.6 Å². The van der Waals surface area contributed by atoms with Gasteiger partial charge >= 0.3 is 6.09 Å². The van der Waals surface area contributed by atoms with E-state index in [2.05, 4.69) is 0 Å². The van der Waals surface area contributed by atoms with E-state index in [9.17, 15) is 13.2 Å². The second kappa shape index (κ2) is 9.61. The van der Waals surface area contributed by atoms with Crippen LogP contribution >= 0.6 is 11.6 Å². The van der Waals surface area contributed by atoms with Crippen molar-refractivity contribution in [1.82, 2.24) is 5.32 Å². The molecule has 2 N–H and O–H groups in total. The van der Waals surface area contributed by atoms with Gasteiger partial charge in [0.25, 0.3) is 0 Å². The van der Waals surface area contributed by atoms with E-state index in [-0.39, 0.29) is 23.5 Å². The molecule has 0 aromatic heterocycles. The van der Waals surface area contributed by atoms with Gasteiger partial charge in [0, 0.05) is 7.11 Å². The first-order chi connectivity index (χ1) is 11.7. The number of hydrogen-bond acceptors (Lipinski definition) is 5. The highest BCUT2D eigenvalue weighted by Gasteiger charge is 2.40. The van der Waals surface area contributed by atoms with Gasteiger partial charge in [0.2, 0.25) is 0 Å². The monoisotopic (exact) mass is 388 g/mol. The lowest BCUT2D eigenvalue weighted by Gasteiger charge is -2.13. The quantitative estimate of drug-likeness (QED) is 0.766. The summed E-state index contributed by atoms with van der Waals surface area (Å²) in [5.41, 5.74) is 0. The third kappa shape index (κ3) is 5.88. The summed E-state index contributed by atoms with van der Waals surface area (Å²) in [5, 5.41) is 17.3. The molecule has 1 saturated carbocycles. The van der Waals surface area contributed by atoms with Gasteiger partial charge in [-0.1, -0.05) is 30.7 Å². The molecule has 1 fully saturated rings. The minimum atomic E-state index is -3.36. The van der Waals surface area contributed by atoms with E-state index in [1.54, 1.807) is 37.4 Å². The van der Waals surface area contributed by atoms with E-state index < -0.39 is 21.2 Å². The summed E-state index contributed by atoms with van der Waals surface area (Å²) in [4.78, 5) is 9.73. The highest BCUT2D eigenvalue weighted by atomic mass is 35.5. The maximum Gasteiger partial charge on any atom is 0.405 e. The zero-order valence-corrected chi connectivity index (χ0v) is 15.5. The first-order valence-electron chi connectivity index (χ1n) is 7.59. The van der Waals surface area contributed by atoms with Gasteiger partial charge in [0.05, 0.1) is 27.3 Å². The number of nitrogens with one attached hydrogen (secondary N) is 1. The highest BCUT2D eigenvalue weighted by molar-refractivity contribution is 7.92. The summed E-state index contributed by atoms with van der Waals surface area (Å²) in [6, 6.07) is 8.22. The second-order valence-electron chi connectivity index (χ2n) is 5.64. The van der Waals surface area contributed by atoms with Crippen molar-refractivity contribution in [2.75, 3.05) is 13.7 Å². The standard InChI is InChI=1S/C13H17ClO3S.C3H4N2O2/c1-9-7-10(8-12(9)17-2)18(15,16)13-6-4-3-5-11(13)14;4-1-2-5-3(6)7/h3-6,9-10,12H,7-8H2,1-2H3;5H,2H2,(H,6,7)/t9-,10+,12-;/m1./s1. The van der Waals surface area contributed by atoms with Crippen LogP contribution in [0.5, 0.6) is 0 Å². The van der Waals surface area contributed by atoms with E-state index in [0.717, 1.165) is 0 Å². The molecule has 1 aliphatic carbocycles. The Balaban J connectivity index is 0.000000381. The lowest BCUT2D eigenvalue weighted by atomic mass is 10.1. The van der Waals surface area contributed by atoms with Crippen LogP contribution in [0.2, 0.25) is 5.02 Å². The summed E-state index contributed by atoms with van der Waals surface area (Å²) < 4.78 is 30.4. The molecule has 0 heterocycles. The molecule has 1 amide bonds. The number of sulfone groups is 1. The summed E-state index contributed by atoms with van der Waals surface area (Å²) in [5.74, 6) is 0.261. The molecule has 2 rings (SSSR count). The Bertz CT molecular complexity index is 732. The topological polar surface area (TPSA) is 116 Å². The fourth-order valence-electron chi connectivity index (χ4n) is 2.71. The van der Waals surface area contributed by atoms with Crippen LogP contribution in [-0.4, -0.2) is 44.6 Å². The first kappa shape index (κ1) is 21.2. The number of nitrogens with zero attached hydrogens (tertiary/aromatic N) is 1. The lowest BCUT2D eigenvalue weighted by Crippen LogP contribution is -2.20. The van der Waals surface area contributed by atoms with Gasteiger partial charge in [-0.25, -0.2) is 13.2 Å². The smallest absolute Gasteiger partial charge is 0.405 e. The van der Waals surface area contributed by atoms with Gasteiger partial charge in [-0.05, 0) is 30.9 Å². The minimum absolute atomic E-state index is 0.0206. The molecule has 1 aromatic rings. The summed E-state index contributed by atoms with van der Waals surface area (Å²) in [6.07, 6.45) is 0.0332. The molecule has 0 bridgehead atoms. The fourth-order valence-corrected chi connectivity index (χ4v) is 5.13. The average Bonchev–Trinajstić information content (AvgIpc) is 2.95. The highest BCUT2D eigenvalue weighted by Crippen LogP contribution is 2.36. The molecule has 25 heavy (non-hydrogen) atoms. The number of hydrogen-bond donors (Lipinski definition) is 2. The number of rotatable bonds is 4. The molecule has 0 aliphatic heterocycles. The number of carbonyl (C=O) groups is 1. The van der Waals surface area contributed by atoms with E-state index in [1.807, 2.05) is 12.2 Å². The third-order valence-corrected chi connectivity index (χ3v) is 6.64. The second-order valence-corrected chi connectivity index (χ2v) is 8.24. The van der Waals surface area contributed by atoms with Crippen LogP contribution in [0.4, 0.5) is 4.79 Å². The number of nitriles is 1. The number of carboxylic acid groups (broad SMARTS) is 1. The van der Waals surface area contributed by atoms with Crippen molar-refractivity contribution in [2.24, 2.45) is 5.92 Å². The van der Waals surface area contributed by atoms with E-state index in [1.165, 1.54) is 0 Å². The molecule has 1 aliphatic rings. The molecular weight excluding hydrogens is 368 g/mol. The zero-order valence-electron chi connectivity index (χ0n) is 14.0. The Morgan fingerprint density at radius 1 is 1.44 bits per heavy atom. The average molecular weight is 389 g/mol. The van der Waals surface area contributed by atoms with E-state index >= 15 is 0 Å². The Hall–Kier alpha value is -1.82. The maximum atomic E-state index is 12.5. The van der Waals surface area contributed by atoms with Crippen molar-refractivity contribution < 1.29 is 23.1 Å². The predicted octanol–water partition coefficient (Wildman–Crippen LogP) is 2.70. The Kier molecular flexibility index (Phi) is 8.16. The van der Waals surface area contributed by atoms with Crippen LogP contribution < -0.4 is 5.32 Å². The molecule has 7 nitrogen and oxygen atoms in total. The van der Waals surface area contributed by atoms with Crippen molar-refractivity contribution in [1.29, 1.82) is 5.26 Å². The Labute approximate surface area is 152 Å². The maximum absolute atomic E-state index is 12.5. The van der Waals surface area contributed by atoms with Crippen molar-refractivity contribution in [3.63, 3.8) is 0 Å². The molecule has 138 valence electrons. The Morgan fingerprint density at radius 3 is 2.52 bits per heavy atom. The van der Waals surface area contributed by atoms with Gasteiger partial charge in [0.1, 0.15) is 6.54 Å². The largest absolute Gasteiger partial charge is 0.465 e. The lowest BCUT2D eigenvalue weighted by molar-refractivity contribution is 0.0775. The minimum Gasteiger partial charge on any atom is -0.465 e. The first-order valence-corrected chi connectivity index (χ1v) is 9.51. The predicted molar refractivity (Wildman–Crippen MR) is 93.3 cm³/mol. The van der Waals surface area contributed by atoms with Crippen LogP contribution in [0.3, 0.4) is 0 Å². The summed E-state index contributed by atoms with van der Waals surface area (Å²) in [7, 11) is -1.73. The summed E-state index contributed by atoms with van der Waals surface area (Å²) >= 11 is 5.98.